The van der Waals surface area contributed by atoms with E-state index < -0.39 is 5.97 Å². The fourth-order valence-corrected chi connectivity index (χ4v) is 3.35. The second kappa shape index (κ2) is 18.3. The molecule has 0 unspecified atom stereocenters. The van der Waals surface area contributed by atoms with Gasteiger partial charge in [-0.2, -0.15) is 0 Å². The van der Waals surface area contributed by atoms with Crippen molar-refractivity contribution < 1.29 is 9.90 Å². The molecule has 23 heavy (non-hydrogen) atoms. The minimum absolute atomic E-state index is 0.328. The number of carboxylic acid groups (broad SMARTS) is 1. The molecule has 0 saturated heterocycles. The van der Waals surface area contributed by atoms with E-state index >= 15 is 0 Å². The summed E-state index contributed by atoms with van der Waals surface area (Å²) < 4.78 is 2.12. The van der Waals surface area contributed by atoms with Crippen molar-refractivity contribution in [1.82, 2.24) is 0 Å². The van der Waals surface area contributed by atoms with Gasteiger partial charge in [-0.15, -0.1) is 0 Å². The second-order valence-corrected chi connectivity index (χ2v) is 7.60. The van der Waals surface area contributed by atoms with Crippen LogP contribution in [0.15, 0.2) is 10.2 Å². The number of carboxylic acids is 1. The number of allylic oxidation sites excluding steroid dienone is 1. The first-order valence-corrected chi connectivity index (χ1v) is 10.9. The molecule has 0 rings (SSSR count). The van der Waals surface area contributed by atoms with Gasteiger partial charge in [0.25, 0.3) is 0 Å². The molecule has 0 amide bonds. The van der Waals surface area contributed by atoms with Gasteiger partial charge in [-0.3, -0.25) is 4.79 Å². The minimum atomic E-state index is -0.657. The van der Waals surface area contributed by atoms with Crippen molar-refractivity contribution in [2.45, 2.75) is 103 Å². The number of hydrogen-bond acceptors (Lipinski definition) is 1. The normalized spacial score (nSPS) is 12.8. The van der Waals surface area contributed by atoms with Gasteiger partial charge >= 0.3 is 5.97 Å². The highest BCUT2D eigenvalue weighted by Gasteiger charge is 2.06. The van der Waals surface area contributed by atoms with Gasteiger partial charge in [0, 0.05) is 6.42 Å². The van der Waals surface area contributed by atoms with E-state index in [1.54, 1.807) is 0 Å². The van der Waals surface area contributed by atoms with Crippen molar-refractivity contribution in [3.8, 4) is 0 Å². The predicted octanol–water partition coefficient (Wildman–Crippen LogP) is 7.51. The molecule has 0 saturated carbocycles. The monoisotopic (exact) mass is 436 g/mol. The van der Waals surface area contributed by atoms with Crippen LogP contribution < -0.4 is 0 Å². The third-order valence-corrected chi connectivity index (χ3v) is 4.94. The summed E-state index contributed by atoms with van der Waals surface area (Å²) in [6.07, 6.45) is 21.2. The molecule has 0 aliphatic rings. The van der Waals surface area contributed by atoms with Crippen LogP contribution in [0.4, 0.5) is 0 Å². The zero-order valence-electron chi connectivity index (χ0n) is 15.1. The summed E-state index contributed by atoms with van der Waals surface area (Å²) in [6.45, 7) is 2.05. The van der Waals surface area contributed by atoms with Gasteiger partial charge in [0.1, 0.15) is 0 Å². The Labute approximate surface area is 157 Å². The van der Waals surface area contributed by atoms with E-state index in [1.807, 2.05) is 6.92 Å². The lowest BCUT2D eigenvalue weighted by Crippen LogP contribution is -2.03. The van der Waals surface area contributed by atoms with Crippen LogP contribution in [-0.4, -0.2) is 11.1 Å². The summed E-state index contributed by atoms with van der Waals surface area (Å²) in [7, 11) is 0. The van der Waals surface area contributed by atoms with Gasteiger partial charge in [-0.1, -0.05) is 113 Å². The molecule has 3 heteroatoms. The summed E-state index contributed by atoms with van der Waals surface area (Å²) >= 11 is 2.29. The average Bonchev–Trinajstić information content (AvgIpc) is 2.50. The first-order valence-electron chi connectivity index (χ1n) is 9.63. The van der Waals surface area contributed by atoms with Crippen LogP contribution in [0.1, 0.15) is 103 Å². The number of rotatable bonds is 17. The maximum atomic E-state index is 10.6. The van der Waals surface area contributed by atoms with Gasteiger partial charge in [0.15, 0.2) is 0 Å². The van der Waals surface area contributed by atoms with Crippen LogP contribution in [0, 0.1) is 5.92 Å². The lowest BCUT2D eigenvalue weighted by Gasteiger charge is -2.08. The number of halogens is 1. The molecular formula is C20H37IO2. The predicted molar refractivity (Wildman–Crippen MR) is 109 cm³/mol. The van der Waals surface area contributed by atoms with E-state index in [0.717, 1.165) is 6.42 Å². The Morgan fingerprint density at radius 1 is 0.870 bits per heavy atom. The van der Waals surface area contributed by atoms with E-state index in [2.05, 4.69) is 32.7 Å². The Morgan fingerprint density at radius 3 is 1.74 bits per heavy atom. The van der Waals surface area contributed by atoms with Crippen LogP contribution in [-0.2, 0) is 4.79 Å². The Bertz CT molecular complexity index is 289. The number of carbonyl (C=O) groups is 1. The molecule has 2 nitrogen and oxygen atoms in total. The molecule has 0 aliphatic heterocycles. The first kappa shape index (κ1) is 22.9. The maximum absolute atomic E-state index is 10.6. The van der Waals surface area contributed by atoms with Crippen molar-refractivity contribution in [2.75, 3.05) is 0 Å². The Morgan fingerprint density at radius 2 is 1.30 bits per heavy atom. The fraction of sp³-hybridized carbons (Fsp3) is 0.850. The molecule has 0 aromatic heterocycles. The Kier molecular flexibility index (Phi) is 18.2. The third kappa shape index (κ3) is 19.9. The molecule has 136 valence electrons. The Balaban J connectivity index is 3.09. The highest BCUT2D eigenvalue weighted by molar-refractivity contribution is 14.1. The van der Waals surface area contributed by atoms with Crippen LogP contribution in [0.2, 0.25) is 0 Å². The molecule has 0 aliphatic carbocycles. The largest absolute Gasteiger partial charge is 0.481 e. The summed E-state index contributed by atoms with van der Waals surface area (Å²) in [4.78, 5) is 10.6. The van der Waals surface area contributed by atoms with Crippen molar-refractivity contribution >= 4 is 28.6 Å². The summed E-state index contributed by atoms with van der Waals surface area (Å²) in [5, 5.41) is 8.71. The van der Waals surface area contributed by atoms with Crippen molar-refractivity contribution in [2.24, 2.45) is 5.92 Å². The van der Waals surface area contributed by atoms with Crippen molar-refractivity contribution in [3.05, 3.63) is 10.2 Å². The molecule has 0 radical (unpaired) electrons. The molecule has 0 fully saturated rings. The highest BCUT2D eigenvalue weighted by atomic mass is 127. The van der Waals surface area contributed by atoms with Crippen molar-refractivity contribution in [3.63, 3.8) is 0 Å². The topological polar surface area (TPSA) is 37.3 Å². The van der Waals surface area contributed by atoms with E-state index in [4.69, 9.17) is 5.11 Å². The molecule has 1 N–H and O–H groups in total. The van der Waals surface area contributed by atoms with Gasteiger partial charge in [0.05, 0.1) is 0 Å². The van der Waals surface area contributed by atoms with Gasteiger partial charge in [-0.25, -0.2) is 0 Å². The van der Waals surface area contributed by atoms with E-state index in [1.165, 1.54) is 83.5 Å². The molecule has 0 heterocycles. The Hall–Kier alpha value is -0.0600. The lowest BCUT2D eigenvalue weighted by atomic mass is 9.99. The molecule has 1 atom stereocenters. The molecular weight excluding hydrogens is 399 g/mol. The third-order valence-electron chi connectivity index (χ3n) is 4.43. The second-order valence-electron chi connectivity index (χ2n) is 6.88. The smallest absolute Gasteiger partial charge is 0.303 e. The van der Waals surface area contributed by atoms with Crippen LogP contribution >= 0.6 is 22.6 Å². The maximum Gasteiger partial charge on any atom is 0.303 e. The fourth-order valence-electron chi connectivity index (χ4n) is 2.99. The van der Waals surface area contributed by atoms with Crippen molar-refractivity contribution in [1.29, 1.82) is 0 Å². The van der Waals surface area contributed by atoms with E-state index in [9.17, 15) is 4.79 Å². The van der Waals surface area contributed by atoms with E-state index in [0.29, 0.717) is 12.3 Å². The summed E-state index contributed by atoms with van der Waals surface area (Å²) in [5.41, 5.74) is 0. The first-order chi connectivity index (χ1) is 11.2. The summed E-state index contributed by atoms with van der Waals surface area (Å²) in [6, 6.07) is 0. The SMILES string of the molecule is C[C@@H](CCCCCCCCCCCCCC/C=C/I)CC(=O)O. The average molecular weight is 436 g/mol. The van der Waals surface area contributed by atoms with Gasteiger partial charge < -0.3 is 5.11 Å². The van der Waals surface area contributed by atoms with Crippen LogP contribution in [0.3, 0.4) is 0 Å². The quantitative estimate of drug-likeness (QED) is 0.189. The molecule has 0 aromatic rings. The van der Waals surface area contributed by atoms with Gasteiger partial charge in [-0.05, 0) is 22.8 Å². The molecule has 0 aromatic carbocycles. The number of hydrogen-bond donors (Lipinski definition) is 1. The minimum Gasteiger partial charge on any atom is -0.481 e. The number of unbranched alkanes of at least 4 members (excludes halogenated alkanes) is 12. The molecule has 0 bridgehead atoms. The van der Waals surface area contributed by atoms with Crippen LogP contribution in [0.5, 0.6) is 0 Å². The standard InChI is InChI=1S/C20H37IO2/c1-19(18-20(22)23)16-14-12-10-8-6-4-2-3-5-7-9-11-13-15-17-21/h15,17,19H,2-14,16,18H2,1H3,(H,22,23)/b17-15+/t19-/m0/s1. The van der Waals surface area contributed by atoms with E-state index in [-0.39, 0.29) is 0 Å². The molecule has 0 spiro atoms. The zero-order chi connectivity index (χ0) is 17.2. The number of aliphatic carboxylic acids is 1. The lowest BCUT2D eigenvalue weighted by molar-refractivity contribution is -0.138. The summed E-state index contributed by atoms with van der Waals surface area (Å²) in [5.74, 6) is -0.319. The zero-order valence-corrected chi connectivity index (χ0v) is 17.2. The van der Waals surface area contributed by atoms with Gasteiger partial charge in [0.2, 0.25) is 0 Å². The highest BCUT2D eigenvalue weighted by Crippen LogP contribution is 2.16. The van der Waals surface area contributed by atoms with Crippen LogP contribution in [0.25, 0.3) is 0 Å².